The van der Waals surface area contributed by atoms with Crippen LogP contribution >= 0.6 is 0 Å². The molecule has 2 fully saturated rings. The molecule has 0 unspecified atom stereocenters. The highest BCUT2D eigenvalue weighted by molar-refractivity contribution is 5.81. The highest BCUT2D eigenvalue weighted by Gasteiger charge is 2.41. The number of hydrogen-bond acceptors (Lipinski definition) is 2. The van der Waals surface area contributed by atoms with Gasteiger partial charge in [0.05, 0.1) is 0 Å². The number of carboxylic acids is 1. The molecule has 2 rings (SSSR count). The van der Waals surface area contributed by atoms with Crippen molar-refractivity contribution in [2.75, 3.05) is 6.54 Å². The van der Waals surface area contributed by atoms with Gasteiger partial charge in [0.15, 0.2) is 0 Å². The molecule has 2 amide bonds. The van der Waals surface area contributed by atoms with Crippen molar-refractivity contribution in [3.63, 3.8) is 0 Å². The van der Waals surface area contributed by atoms with Crippen LogP contribution in [0.5, 0.6) is 0 Å². The Hall–Kier alpha value is -1.26. The fraction of sp³-hybridized carbons (Fsp3) is 0.833. The molecule has 5 nitrogen and oxygen atoms in total. The van der Waals surface area contributed by atoms with E-state index in [4.69, 9.17) is 5.11 Å². The Morgan fingerprint density at radius 2 is 1.94 bits per heavy atom. The molecular weight excluding hydrogens is 220 g/mol. The molecule has 17 heavy (non-hydrogen) atoms. The molecule has 2 aliphatic rings. The van der Waals surface area contributed by atoms with Crippen LogP contribution in [0.3, 0.4) is 0 Å². The van der Waals surface area contributed by atoms with Crippen molar-refractivity contribution in [2.45, 2.75) is 57.0 Å². The summed E-state index contributed by atoms with van der Waals surface area (Å²) < 4.78 is 0. The maximum absolute atomic E-state index is 12.1. The van der Waals surface area contributed by atoms with Crippen LogP contribution in [-0.4, -0.2) is 40.1 Å². The van der Waals surface area contributed by atoms with Crippen LogP contribution in [0.2, 0.25) is 0 Å². The Morgan fingerprint density at radius 1 is 1.35 bits per heavy atom. The summed E-state index contributed by atoms with van der Waals surface area (Å²) in [7, 11) is 0. The lowest BCUT2D eigenvalue weighted by molar-refractivity contribution is -0.138. The highest BCUT2D eigenvalue weighted by Crippen LogP contribution is 2.35. The minimum atomic E-state index is -0.937. The van der Waals surface area contributed by atoms with Gasteiger partial charge in [-0.2, -0.15) is 0 Å². The molecule has 96 valence electrons. The third-order valence-electron chi connectivity index (χ3n) is 3.74. The molecule has 0 aromatic carbocycles. The molecule has 2 N–H and O–H groups in total. The topological polar surface area (TPSA) is 69.6 Å². The number of carbonyl (C=O) groups excluding carboxylic acids is 1. The maximum Gasteiger partial charge on any atom is 0.323 e. The van der Waals surface area contributed by atoms with Gasteiger partial charge in [0.2, 0.25) is 0 Å². The number of amides is 2. The second-order valence-electron chi connectivity index (χ2n) is 5.45. The summed E-state index contributed by atoms with van der Waals surface area (Å²) >= 11 is 0. The molecule has 0 saturated heterocycles. The molecular formula is C12H20N2O3. The molecule has 2 aliphatic carbocycles. The molecule has 0 bridgehead atoms. The van der Waals surface area contributed by atoms with E-state index in [0.29, 0.717) is 0 Å². The maximum atomic E-state index is 12.1. The Balaban J connectivity index is 1.97. The van der Waals surface area contributed by atoms with Gasteiger partial charge in [-0.05, 0) is 32.6 Å². The van der Waals surface area contributed by atoms with E-state index in [1.54, 1.807) is 0 Å². The number of nitrogens with zero attached hydrogens (tertiary/aromatic N) is 1. The van der Waals surface area contributed by atoms with E-state index in [0.717, 1.165) is 38.5 Å². The van der Waals surface area contributed by atoms with Crippen LogP contribution in [0.4, 0.5) is 4.79 Å². The van der Waals surface area contributed by atoms with Gasteiger partial charge in [0.1, 0.15) is 6.54 Å². The molecule has 0 aromatic rings. The van der Waals surface area contributed by atoms with E-state index in [1.165, 1.54) is 4.90 Å². The third kappa shape index (κ3) is 3.11. The average Bonchev–Trinajstić information content (AvgIpc) is 2.80. The summed E-state index contributed by atoms with van der Waals surface area (Å²) in [4.78, 5) is 24.4. The summed E-state index contributed by atoms with van der Waals surface area (Å²) in [6.07, 6.45) is 6.01. The Bertz CT molecular complexity index is 320. The first-order chi connectivity index (χ1) is 8.00. The fourth-order valence-electron chi connectivity index (χ4n) is 2.37. The van der Waals surface area contributed by atoms with Crippen LogP contribution < -0.4 is 5.32 Å². The molecule has 0 radical (unpaired) electrons. The van der Waals surface area contributed by atoms with Crippen molar-refractivity contribution in [3.8, 4) is 0 Å². The second-order valence-corrected chi connectivity index (χ2v) is 5.45. The molecule has 0 spiro atoms. The molecule has 0 aromatic heterocycles. The predicted octanol–water partition coefficient (Wildman–Crippen LogP) is 1.58. The Labute approximate surface area is 101 Å². The van der Waals surface area contributed by atoms with Crippen molar-refractivity contribution in [3.05, 3.63) is 0 Å². The molecule has 5 heteroatoms. The van der Waals surface area contributed by atoms with Crippen molar-refractivity contribution in [1.82, 2.24) is 10.2 Å². The van der Waals surface area contributed by atoms with E-state index < -0.39 is 5.97 Å². The SMILES string of the molecule is CC1(NC(=O)N(CC(=O)O)C2CCCC2)CC1. The van der Waals surface area contributed by atoms with E-state index >= 15 is 0 Å². The standard InChI is InChI=1S/C12H20N2O3/c1-12(6-7-12)13-11(17)14(8-10(15)16)9-4-2-3-5-9/h9H,2-8H2,1H3,(H,13,17)(H,15,16). The van der Waals surface area contributed by atoms with Crippen LogP contribution in [0.15, 0.2) is 0 Å². The molecule has 2 saturated carbocycles. The third-order valence-corrected chi connectivity index (χ3v) is 3.74. The van der Waals surface area contributed by atoms with Crippen LogP contribution in [0, 0.1) is 0 Å². The fourth-order valence-corrected chi connectivity index (χ4v) is 2.37. The zero-order valence-corrected chi connectivity index (χ0v) is 10.2. The van der Waals surface area contributed by atoms with Crippen molar-refractivity contribution >= 4 is 12.0 Å². The summed E-state index contributed by atoms with van der Waals surface area (Å²) in [6, 6.07) is -0.104. The summed E-state index contributed by atoms with van der Waals surface area (Å²) in [5.74, 6) is -0.937. The van der Waals surface area contributed by atoms with Crippen molar-refractivity contribution in [1.29, 1.82) is 0 Å². The lowest BCUT2D eigenvalue weighted by atomic mass is 10.2. The van der Waals surface area contributed by atoms with Gasteiger partial charge in [-0.1, -0.05) is 12.8 Å². The minimum Gasteiger partial charge on any atom is -0.480 e. The average molecular weight is 240 g/mol. The number of carboxylic acid groups (broad SMARTS) is 1. The first kappa shape index (κ1) is 12.2. The van der Waals surface area contributed by atoms with Gasteiger partial charge in [0.25, 0.3) is 0 Å². The zero-order valence-electron chi connectivity index (χ0n) is 10.2. The van der Waals surface area contributed by atoms with Gasteiger partial charge >= 0.3 is 12.0 Å². The second kappa shape index (κ2) is 4.55. The summed E-state index contributed by atoms with van der Waals surface area (Å²) in [6.45, 7) is 1.81. The Kier molecular flexibility index (Phi) is 3.26. The van der Waals surface area contributed by atoms with Gasteiger partial charge in [0, 0.05) is 11.6 Å². The van der Waals surface area contributed by atoms with Gasteiger partial charge in [-0.25, -0.2) is 4.79 Å². The lowest BCUT2D eigenvalue weighted by Crippen LogP contribution is -2.50. The van der Waals surface area contributed by atoms with Crippen LogP contribution in [-0.2, 0) is 4.79 Å². The van der Waals surface area contributed by atoms with Crippen molar-refractivity contribution < 1.29 is 14.7 Å². The smallest absolute Gasteiger partial charge is 0.323 e. The van der Waals surface area contributed by atoms with E-state index in [-0.39, 0.29) is 24.2 Å². The van der Waals surface area contributed by atoms with Gasteiger partial charge in [-0.3, -0.25) is 4.79 Å². The Morgan fingerprint density at radius 3 is 2.41 bits per heavy atom. The normalized spacial score (nSPS) is 22.2. The number of carbonyl (C=O) groups is 2. The molecule has 0 aliphatic heterocycles. The van der Waals surface area contributed by atoms with E-state index in [2.05, 4.69) is 5.32 Å². The summed E-state index contributed by atoms with van der Waals surface area (Å²) in [5.41, 5.74) is -0.0908. The number of aliphatic carboxylic acids is 1. The first-order valence-corrected chi connectivity index (χ1v) is 6.31. The number of rotatable bonds is 4. The van der Waals surface area contributed by atoms with E-state index in [1.807, 2.05) is 6.92 Å². The highest BCUT2D eigenvalue weighted by atomic mass is 16.4. The molecule has 0 atom stereocenters. The largest absolute Gasteiger partial charge is 0.480 e. The zero-order chi connectivity index (χ0) is 12.5. The minimum absolute atomic E-state index is 0.0908. The lowest BCUT2D eigenvalue weighted by Gasteiger charge is -2.29. The number of nitrogens with one attached hydrogen (secondary N) is 1. The van der Waals surface area contributed by atoms with Crippen molar-refractivity contribution in [2.24, 2.45) is 0 Å². The van der Waals surface area contributed by atoms with Crippen LogP contribution in [0.1, 0.15) is 45.4 Å². The molecule has 0 heterocycles. The van der Waals surface area contributed by atoms with Crippen LogP contribution in [0.25, 0.3) is 0 Å². The van der Waals surface area contributed by atoms with Gasteiger partial charge < -0.3 is 15.3 Å². The predicted molar refractivity (Wildman–Crippen MR) is 62.8 cm³/mol. The summed E-state index contributed by atoms with van der Waals surface area (Å²) in [5, 5.41) is 11.8. The monoisotopic (exact) mass is 240 g/mol. The number of hydrogen-bond donors (Lipinski definition) is 2. The van der Waals surface area contributed by atoms with E-state index in [9.17, 15) is 9.59 Å². The van der Waals surface area contributed by atoms with Gasteiger partial charge in [-0.15, -0.1) is 0 Å². The first-order valence-electron chi connectivity index (χ1n) is 6.31. The quantitative estimate of drug-likeness (QED) is 0.783. The number of urea groups is 1.